The van der Waals surface area contributed by atoms with Gasteiger partial charge in [0.15, 0.2) is 0 Å². The highest BCUT2D eigenvalue weighted by Gasteiger charge is 2.29. The van der Waals surface area contributed by atoms with Crippen molar-refractivity contribution in [1.82, 2.24) is 0 Å². The summed E-state index contributed by atoms with van der Waals surface area (Å²) in [6.45, 7) is 4.50. The molecule has 3 heteroatoms. The number of aliphatic hydroxyl groups is 1. The van der Waals surface area contributed by atoms with Crippen molar-refractivity contribution >= 4 is 5.69 Å². The Hall–Kier alpha value is -1.09. The number of nitrogens with zero attached hydrogens (tertiary/aromatic N) is 1. The zero-order valence-electron chi connectivity index (χ0n) is 12.1. The van der Waals surface area contributed by atoms with E-state index in [9.17, 15) is 4.39 Å². The van der Waals surface area contributed by atoms with Crippen molar-refractivity contribution < 1.29 is 9.50 Å². The maximum atomic E-state index is 14.0. The second-order valence-electron chi connectivity index (χ2n) is 6.45. The highest BCUT2D eigenvalue weighted by molar-refractivity contribution is 5.49. The van der Waals surface area contributed by atoms with Crippen LogP contribution in [-0.4, -0.2) is 18.2 Å². The van der Waals surface area contributed by atoms with Gasteiger partial charge < -0.3 is 10.0 Å². The first kappa shape index (κ1) is 14.3. The molecule has 0 atom stereocenters. The Balaban J connectivity index is 2.10. The lowest BCUT2D eigenvalue weighted by Gasteiger charge is -2.39. The number of hydrogen-bond acceptors (Lipinski definition) is 2. The van der Waals surface area contributed by atoms with Crippen molar-refractivity contribution in [2.75, 3.05) is 11.9 Å². The van der Waals surface area contributed by atoms with Crippen molar-refractivity contribution in [3.8, 4) is 0 Å². The van der Waals surface area contributed by atoms with Crippen LogP contribution in [0.3, 0.4) is 0 Å². The Morgan fingerprint density at radius 1 is 1.32 bits per heavy atom. The van der Waals surface area contributed by atoms with Gasteiger partial charge >= 0.3 is 0 Å². The predicted octanol–water partition coefficient (Wildman–Crippen LogP) is 3.72. The Labute approximate surface area is 115 Å². The average molecular weight is 265 g/mol. The molecule has 0 aromatic heterocycles. The van der Waals surface area contributed by atoms with Crippen molar-refractivity contribution in [2.45, 2.75) is 52.2 Å². The summed E-state index contributed by atoms with van der Waals surface area (Å²) in [4.78, 5) is 2.06. The summed E-state index contributed by atoms with van der Waals surface area (Å²) in [6.07, 6.45) is 4.62. The fraction of sp³-hybridized carbons (Fsp3) is 0.625. The Bertz CT molecular complexity index is 434. The number of rotatable bonds is 3. The third-order valence-electron chi connectivity index (χ3n) is 4.43. The molecule has 0 unspecified atom stereocenters. The average Bonchev–Trinajstić information content (AvgIpc) is 2.37. The molecule has 106 valence electrons. The van der Waals surface area contributed by atoms with Crippen LogP contribution in [0.25, 0.3) is 0 Å². The van der Waals surface area contributed by atoms with E-state index in [0.29, 0.717) is 22.7 Å². The van der Waals surface area contributed by atoms with Crippen LogP contribution in [0.2, 0.25) is 0 Å². The molecule has 2 nitrogen and oxygen atoms in total. The third-order valence-corrected chi connectivity index (χ3v) is 4.43. The summed E-state index contributed by atoms with van der Waals surface area (Å²) >= 11 is 0. The van der Waals surface area contributed by atoms with E-state index >= 15 is 0 Å². The molecule has 1 aromatic carbocycles. The van der Waals surface area contributed by atoms with Gasteiger partial charge in [0.1, 0.15) is 5.82 Å². The van der Waals surface area contributed by atoms with E-state index in [1.165, 1.54) is 18.9 Å². The molecule has 0 saturated heterocycles. The summed E-state index contributed by atoms with van der Waals surface area (Å²) in [6, 6.07) is 5.42. The second-order valence-corrected chi connectivity index (χ2v) is 6.45. The number of hydrogen-bond donors (Lipinski definition) is 1. The van der Waals surface area contributed by atoms with E-state index in [-0.39, 0.29) is 12.4 Å². The van der Waals surface area contributed by atoms with Crippen LogP contribution in [0.1, 0.15) is 45.1 Å². The minimum absolute atomic E-state index is 0.113. The summed E-state index contributed by atoms with van der Waals surface area (Å²) in [5.41, 5.74) is 1.69. The van der Waals surface area contributed by atoms with Gasteiger partial charge in [0, 0.05) is 13.1 Å². The molecule has 0 aliphatic heterocycles. The first-order valence-electron chi connectivity index (χ1n) is 7.05. The van der Waals surface area contributed by atoms with Gasteiger partial charge in [0.05, 0.1) is 12.3 Å². The fourth-order valence-corrected chi connectivity index (χ4v) is 2.90. The minimum Gasteiger partial charge on any atom is -0.392 e. The molecule has 0 amide bonds. The summed E-state index contributed by atoms with van der Waals surface area (Å²) in [7, 11) is 1.97. The quantitative estimate of drug-likeness (QED) is 0.900. The van der Waals surface area contributed by atoms with Crippen LogP contribution in [-0.2, 0) is 6.61 Å². The molecular formula is C16H24FNO. The zero-order chi connectivity index (χ0) is 14.0. The van der Waals surface area contributed by atoms with Crippen LogP contribution in [0.15, 0.2) is 18.2 Å². The Kier molecular flexibility index (Phi) is 4.14. The molecule has 0 spiro atoms. The molecule has 2 rings (SSSR count). The lowest BCUT2D eigenvalue weighted by Crippen LogP contribution is -2.37. The normalized spacial score (nSPS) is 19.4. The maximum absolute atomic E-state index is 14.0. The molecule has 0 bridgehead atoms. The standard InChI is InChI=1S/C16H24FNO/c1-16(2)8-6-13(7-9-16)18(3)15-5-4-12(11-19)10-14(15)17/h4-5,10,13,19H,6-9,11H2,1-3H3. The van der Waals surface area contributed by atoms with Gasteiger partial charge in [-0.15, -0.1) is 0 Å². The molecular weight excluding hydrogens is 241 g/mol. The van der Waals surface area contributed by atoms with E-state index in [2.05, 4.69) is 18.7 Å². The highest BCUT2D eigenvalue weighted by atomic mass is 19.1. The monoisotopic (exact) mass is 265 g/mol. The van der Waals surface area contributed by atoms with Gasteiger partial charge in [-0.25, -0.2) is 4.39 Å². The summed E-state index contributed by atoms with van der Waals surface area (Å²) < 4.78 is 14.0. The lowest BCUT2D eigenvalue weighted by molar-refractivity contribution is 0.222. The van der Waals surface area contributed by atoms with Crippen LogP contribution in [0.5, 0.6) is 0 Å². The van der Waals surface area contributed by atoms with Gasteiger partial charge in [-0.3, -0.25) is 0 Å². The predicted molar refractivity (Wildman–Crippen MR) is 76.8 cm³/mol. The van der Waals surface area contributed by atoms with Crippen molar-refractivity contribution in [3.05, 3.63) is 29.6 Å². The van der Waals surface area contributed by atoms with E-state index < -0.39 is 0 Å². The molecule has 1 aromatic rings. The second kappa shape index (κ2) is 5.49. The van der Waals surface area contributed by atoms with E-state index in [1.54, 1.807) is 12.1 Å². The third kappa shape index (κ3) is 3.27. The first-order chi connectivity index (χ1) is 8.93. The maximum Gasteiger partial charge on any atom is 0.146 e. The molecule has 1 fully saturated rings. The number of benzene rings is 1. The zero-order valence-corrected chi connectivity index (χ0v) is 12.1. The van der Waals surface area contributed by atoms with Crippen molar-refractivity contribution in [3.63, 3.8) is 0 Å². The Morgan fingerprint density at radius 2 is 1.95 bits per heavy atom. The van der Waals surface area contributed by atoms with E-state index in [1.807, 2.05) is 7.05 Å². The molecule has 1 aliphatic rings. The van der Waals surface area contributed by atoms with Gasteiger partial charge in [-0.2, -0.15) is 0 Å². The molecule has 0 heterocycles. The van der Waals surface area contributed by atoms with Crippen LogP contribution >= 0.6 is 0 Å². The topological polar surface area (TPSA) is 23.5 Å². The largest absolute Gasteiger partial charge is 0.392 e. The summed E-state index contributed by atoms with van der Waals surface area (Å²) in [5.74, 6) is -0.237. The van der Waals surface area contributed by atoms with Gasteiger partial charge in [0.2, 0.25) is 0 Å². The van der Waals surface area contributed by atoms with Gasteiger partial charge in [-0.05, 0) is 48.8 Å². The number of halogens is 1. The smallest absolute Gasteiger partial charge is 0.146 e. The molecule has 1 N–H and O–H groups in total. The van der Waals surface area contributed by atoms with E-state index in [0.717, 1.165) is 12.8 Å². The van der Waals surface area contributed by atoms with Crippen molar-refractivity contribution in [2.24, 2.45) is 5.41 Å². The Morgan fingerprint density at radius 3 is 2.47 bits per heavy atom. The van der Waals surface area contributed by atoms with Gasteiger partial charge in [-0.1, -0.05) is 19.9 Å². The van der Waals surface area contributed by atoms with Crippen LogP contribution in [0.4, 0.5) is 10.1 Å². The molecule has 1 saturated carbocycles. The van der Waals surface area contributed by atoms with Crippen LogP contribution < -0.4 is 4.90 Å². The highest BCUT2D eigenvalue weighted by Crippen LogP contribution is 2.38. The molecule has 19 heavy (non-hydrogen) atoms. The summed E-state index contributed by atoms with van der Waals surface area (Å²) in [5, 5.41) is 9.02. The fourth-order valence-electron chi connectivity index (χ4n) is 2.90. The minimum atomic E-state index is -0.237. The van der Waals surface area contributed by atoms with Gasteiger partial charge in [0.25, 0.3) is 0 Å². The van der Waals surface area contributed by atoms with E-state index in [4.69, 9.17) is 5.11 Å². The number of anilines is 1. The lowest BCUT2D eigenvalue weighted by atomic mass is 9.75. The molecule has 1 aliphatic carbocycles. The SMILES string of the molecule is CN(c1ccc(CO)cc1F)C1CCC(C)(C)CC1. The molecule has 0 radical (unpaired) electrons. The number of aliphatic hydroxyl groups excluding tert-OH is 1. The first-order valence-corrected chi connectivity index (χ1v) is 7.05. The van der Waals surface area contributed by atoms with Crippen molar-refractivity contribution in [1.29, 1.82) is 0 Å². The van der Waals surface area contributed by atoms with Crippen LogP contribution in [0, 0.1) is 11.2 Å².